The molecular weight excluding hydrogens is 162 g/mol. The van der Waals surface area contributed by atoms with Crippen LogP contribution in [0.3, 0.4) is 0 Å². The molecule has 0 saturated carbocycles. The molecule has 0 heterocycles. The van der Waals surface area contributed by atoms with Crippen molar-refractivity contribution in [1.82, 2.24) is 5.32 Å². The maximum atomic E-state index is 5.18. The summed E-state index contributed by atoms with van der Waals surface area (Å²) >= 11 is 0. The number of rotatable bonds is 7. The van der Waals surface area contributed by atoms with E-state index in [0.717, 1.165) is 5.92 Å². The van der Waals surface area contributed by atoms with Crippen molar-refractivity contribution in [2.24, 2.45) is 5.92 Å². The lowest BCUT2D eigenvalue weighted by atomic mass is 10.0. The molecule has 0 spiro atoms. The molecule has 1 N–H and O–H groups in total. The van der Waals surface area contributed by atoms with Crippen molar-refractivity contribution >= 4 is 0 Å². The quantitative estimate of drug-likeness (QED) is 0.619. The average molecular weight is 187 g/mol. The Morgan fingerprint density at radius 1 is 1.15 bits per heavy atom. The topological polar surface area (TPSA) is 21.3 Å². The third-order valence-corrected chi connectivity index (χ3v) is 2.41. The summed E-state index contributed by atoms with van der Waals surface area (Å²) < 4.78 is 5.18. The van der Waals surface area contributed by atoms with E-state index in [4.69, 9.17) is 4.74 Å². The Labute approximate surface area is 83.1 Å². The first-order chi connectivity index (χ1) is 6.10. The van der Waals surface area contributed by atoms with Gasteiger partial charge in [-0.15, -0.1) is 0 Å². The highest BCUT2D eigenvalue weighted by atomic mass is 16.5. The minimum Gasteiger partial charge on any atom is -0.367 e. The molecule has 0 aliphatic carbocycles. The zero-order chi connectivity index (χ0) is 10.3. The molecule has 2 atom stereocenters. The van der Waals surface area contributed by atoms with Gasteiger partial charge >= 0.3 is 0 Å². The molecule has 0 aromatic carbocycles. The summed E-state index contributed by atoms with van der Waals surface area (Å²) in [4.78, 5) is 0. The predicted octanol–water partition coefficient (Wildman–Crippen LogP) is 2.78. The Balaban J connectivity index is 3.62. The number of methoxy groups -OCH3 is 1. The standard InChI is InChI=1S/C11H25NO/c1-6-11(8-7-9(2)3)12-10(4)13-5/h9-12H,6-8H2,1-5H3. The van der Waals surface area contributed by atoms with Crippen LogP contribution in [0.5, 0.6) is 0 Å². The van der Waals surface area contributed by atoms with Crippen LogP contribution in [0.4, 0.5) is 0 Å². The Morgan fingerprint density at radius 2 is 1.77 bits per heavy atom. The Kier molecular flexibility index (Phi) is 7.29. The second-order valence-electron chi connectivity index (χ2n) is 4.12. The summed E-state index contributed by atoms with van der Waals surface area (Å²) in [6.45, 7) is 8.82. The first kappa shape index (κ1) is 12.9. The minimum absolute atomic E-state index is 0.178. The molecule has 13 heavy (non-hydrogen) atoms. The Morgan fingerprint density at radius 3 is 2.15 bits per heavy atom. The van der Waals surface area contributed by atoms with Crippen molar-refractivity contribution in [2.45, 2.75) is 59.2 Å². The van der Waals surface area contributed by atoms with Gasteiger partial charge < -0.3 is 4.74 Å². The maximum absolute atomic E-state index is 5.18. The van der Waals surface area contributed by atoms with E-state index in [2.05, 4.69) is 33.0 Å². The van der Waals surface area contributed by atoms with Gasteiger partial charge in [-0.3, -0.25) is 5.32 Å². The Bertz CT molecular complexity index is 115. The van der Waals surface area contributed by atoms with Crippen molar-refractivity contribution in [2.75, 3.05) is 7.11 Å². The molecule has 0 aliphatic heterocycles. The van der Waals surface area contributed by atoms with Gasteiger partial charge in [0.25, 0.3) is 0 Å². The average Bonchev–Trinajstić information content (AvgIpc) is 2.11. The number of hydrogen-bond donors (Lipinski definition) is 1. The van der Waals surface area contributed by atoms with E-state index in [-0.39, 0.29) is 6.23 Å². The molecule has 0 bridgehead atoms. The molecule has 0 aromatic heterocycles. The number of nitrogens with one attached hydrogen (secondary N) is 1. The van der Waals surface area contributed by atoms with E-state index in [0.29, 0.717) is 6.04 Å². The summed E-state index contributed by atoms with van der Waals surface area (Å²) in [5.74, 6) is 0.800. The van der Waals surface area contributed by atoms with Crippen LogP contribution in [0.2, 0.25) is 0 Å². The molecule has 0 fully saturated rings. The monoisotopic (exact) mass is 187 g/mol. The zero-order valence-corrected chi connectivity index (χ0v) is 9.76. The lowest BCUT2D eigenvalue weighted by Gasteiger charge is -2.21. The third-order valence-electron chi connectivity index (χ3n) is 2.41. The molecule has 0 radical (unpaired) electrons. The van der Waals surface area contributed by atoms with E-state index in [9.17, 15) is 0 Å². The smallest absolute Gasteiger partial charge is 0.105 e. The second kappa shape index (κ2) is 7.34. The van der Waals surface area contributed by atoms with E-state index >= 15 is 0 Å². The molecular formula is C11H25NO. The lowest BCUT2D eigenvalue weighted by molar-refractivity contribution is 0.0756. The fourth-order valence-corrected chi connectivity index (χ4v) is 1.34. The highest BCUT2D eigenvalue weighted by molar-refractivity contribution is 4.66. The summed E-state index contributed by atoms with van der Waals surface area (Å²) in [6.07, 6.45) is 3.90. The third kappa shape index (κ3) is 7.03. The summed E-state index contributed by atoms with van der Waals surface area (Å²) in [7, 11) is 1.74. The van der Waals surface area contributed by atoms with Crippen LogP contribution < -0.4 is 5.32 Å². The van der Waals surface area contributed by atoms with Gasteiger partial charge in [0.15, 0.2) is 0 Å². The Hall–Kier alpha value is -0.0800. The van der Waals surface area contributed by atoms with Crippen molar-refractivity contribution in [3.05, 3.63) is 0 Å². The van der Waals surface area contributed by atoms with Gasteiger partial charge in [0.05, 0.1) is 0 Å². The second-order valence-corrected chi connectivity index (χ2v) is 4.12. The summed E-state index contributed by atoms with van der Waals surface area (Å²) in [6, 6.07) is 0.609. The summed E-state index contributed by atoms with van der Waals surface area (Å²) in [5.41, 5.74) is 0. The molecule has 2 heteroatoms. The first-order valence-electron chi connectivity index (χ1n) is 5.39. The number of hydrogen-bond acceptors (Lipinski definition) is 2. The molecule has 80 valence electrons. The molecule has 2 unspecified atom stereocenters. The highest BCUT2D eigenvalue weighted by Crippen LogP contribution is 2.09. The van der Waals surface area contributed by atoms with Gasteiger partial charge in [-0.25, -0.2) is 0 Å². The van der Waals surface area contributed by atoms with Crippen LogP contribution in [0.25, 0.3) is 0 Å². The predicted molar refractivity (Wildman–Crippen MR) is 57.8 cm³/mol. The van der Waals surface area contributed by atoms with Crippen LogP contribution in [0, 0.1) is 5.92 Å². The molecule has 2 nitrogen and oxygen atoms in total. The first-order valence-corrected chi connectivity index (χ1v) is 5.39. The molecule has 0 amide bonds. The van der Waals surface area contributed by atoms with Crippen LogP contribution in [-0.4, -0.2) is 19.4 Å². The van der Waals surface area contributed by atoms with Crippen LogP contribution in [0.1, 0.15) is 47.0 Å². The maximum Gasteiger partial charge on any atom is 0.105 e. The van der Waals surface area contributed by atoms with Gasteiger partial charge in [0, 0.05) is 13.2 Å². The molecule has 0 rings (SSSR count). The molecule has 0 aliphatic rings. The SMILES string of the molecule is CCC(CCC(C)C)NC(C)OC. The van der Waals surface area contributed by atoms with E-state index in [1.807, 2.05) is 0 Å². The van der Waals surface area contributed by atoms with Crippen molar-refractivity contribution in [3.8, 4) is 0 Å². The van der Waals surface area contributed by atoms with Crippen molar-refractivity contribution in [1.29, 1.82) is 0 Å². The van der Waals surface area contributed by atoms with Gasteiger partial charge in [-0.1, -0.05) is 20.8 Å². The van der Waals surface area contributed by atoms with E-state index in [1.54, 1.807) is 7.11 Å². The van der Waals surface area contributed by atoms with E-state index < -0.39 is 0 Å². The van der Waals surface area contributed by atoms with E-state index in [1.165, 1.54) is 19.3 Å². The minimum atomic E-state index is 0.178. The van der Waals surface area contributed by atoms with Crippen molar-refractivity contribution < 1.29 is 4.74 Å². The fraction of sp³-hybridized carbons (Fsp3) is 1.00. The van der Waals surface area contributed by atoms with Gasteiger partial charge in [0.1, 0.15) is 6.23 Å². The summed E-state index contributed by atoms with van der Waals surface area (Å²) in [5, 5.41) is 3.45. The van der Waals surface area contributed by atoms with Gasteiger partial charge in [-0.2, -0.15) is 0 Å². The van der Waals surface area contributed by atoms with Gasteiger partial charge in [-0.05, 0) is 32.1 Å². The van der Waals surface area contributed by atoms with Crippen molar-refractivity contribution in [3.63, 3.8) is 0 Å². The van der Waals surface area contributed by atoms with Crippen LogP contribution in [0.15, 0.2) is 0 Å². The zero-order valence-electron chi connectivity index (χ0n) is 9.76. The van der Waals surface area contributed by atoms with Crippen LogP contribution >= 0.6 is 0 Å². The highest BCUT2D eigenvalue weighted by Gasteiger charge is 2.09. The van der Waals surface area contributed by atoms with Crippen LogP contribution in [-0.2, 0) is 4.74 Å². The largest absolute Gasteiger partial charge is 0.367 e. The normalized spacial score (nSPS) is 16.2. The molecule has 0 saturated heterocycles. The fourth-order valence-electron chi connectivity index (χ4n) is 1.34. The molecule has 0 aromatic rings. The van der Waals surface area contributed by atoms with Gasteiger partial charge in [0.2, 0.25) is 0 Å². The lowest BCUT2D eigenvalue weighted by Crippen LogP contribution is -2.37. The number of ether oxygens (including phenoxy) is 1.